The first-order valence-corrected chi connectivity index (χ1v) is 8.70. The molecular formula is C11H4F12INO2S. The van der Waals surface area contributed by atoms with Crippen LogP contribution in [0.4, 0.5) is 58.4 Å². The van der Waals surface area contributed by atoms with Gasteiger partial charge in [-0.2, -0.15) is 48.3 Å². The molecule has 0 aromatic heterocycles. The van der Waals surface area contributed by atoms with Crippen LogP contribution in [0.1, 0.15) is 5.56 Å². The van der Waals surface area contributed by atoms with Gasteiger partial charge in [0.05, 0.1) is 5.69 Å². The van der Waals surface area contributed by atoms with Gasteiger partial charge in [0.2, 0.25) is 0 Å². The Morgan fingerprint density at radius 1 is 0.786 bits per heavy atom. The van der Waals surface area contributed by atoms with Crippen molar-refractivity contribution >= 4 is 38.1 Å². The zero-order chi connectivity index (χ0) is 22.7. The lowest BCUT2D eigenvalue weighted by molar-refractivity contribution is -0.389. The summed E-state index contributed by atoms with van der Waals surface area (Å²) >= 11 is 0.744. The van der Waals surface area contributed by atoms with Crippen molar-refractivity contribution in [1.29, 1.82) is 0 Å². The third-order valence-electron chi connectivity index (χ3n) is 3.26. The van der Waals surface area contributed by atoms with E-state index in [-0.39, 0.29) is 6.07 Å². The van der Waals surface area contributed by atoms with E-state index in [0.29, 0.717) is 0 Å². The smallest absolute Gasteiger partial charge is 0.397 e. The monoisotopic (exact) mass is 569 g/mol. The highest BCUT2D eigenvalue weighted by atomic mass is 127. The van der Waals surface area contributed by atoms with Crippen LogP contribution < -0.4 is 5.73 Å². The molecule has 0 aliphatic carbocycles. The molecule has 28 heavy (non-hydrogen) atoms. The van der Waals surface area contributed by atoms with Gasteiger partial charge >= 0.3 is 29.5 Å². The lowest BCUT2D eigenvalue weighted by atomic mass is 9.87. The number of hydrogen-bond acceptors (Lipinski definition) is 3. The second kappa shape index (κ2) is 6.69. The molecule has 1 unspecified atom stereocenters. The van der Waals surface area contributed by atoms with E-state index >= 15 is 0 Å². The zero-order valence-corrected chi connectivity index (χ0v) is 15.3. The second-order valence-corrected chi connectivity index (χ2v) is 8.12. The number of hydrogen-bond donors (Lipinski definition) is 1. The van der Waals surface area contributed by atoms with Gasteiger partial charge in [-0.3, -0.25) is 0 Å². The molecule has 1 aromatic rings. The van der Waals surface area contributed by atoms with Crippen LogP contribution >= 0.6 is 22.6 Å². The third kappa shape index (κ3) is 3.58. The summed E-state index contributed by atoms with van der Waals surface area (Å²) in [4.78, 5) is -2.31. The summed E-state index contributed by atoms with van der Waals surface area (Å²) in [6, 6.07) is -1.31. The molecule has 0 spiro atoms. The Morgan fingerprint density at radius 3 is 1.54 bits per heavy atom. The minimum atomic E-state index is -7.20. The first-order valence-electron chi connectivity index (χ1n) is 6.14. The van der Waals surface area contributed by atoms with Gasteiger partial charge in [-0.05, 0) is 34.7 Å². The normalized spacial score (nSPS) is 16.8. The van der Waals surface area contributed by atoms with Crippen molar-refractivity contribution in [1.82, 2.24) is 0 Å². The first-order chi connectivity index (χ1) is 12.0. The largest absolute Gasteiger partial charge is 0.501 e. The highest BCUT2D eigenvalue weighted by Crippen LogP contribution is 2.58. The number of anilines is 1. The fourth-order valence-electron chi connectivity index (χ4n) is 1.86. The predicted molar refractivity (Wildman–Crippen MR) is 76.7 cm³/mol. The first kappa shape index (κ1) is 24.9. The van der Waals surface area contributed by atoms with Crippen molar-refractivity contribution in [3.8, 4) is 0 Å². The van der Waals surface area contributed by atoms with Gasteiger partial charge in [-0.25, -0.2) is 12.8 Å². The molecule has 2 N–H and O–H groups in total. The Kier molecular flexibility index (Phi) is 5.95. The molecule has 0 aliphatic heterocycles. The molecule has 0 amide bonds. The standard InChI is InChI=1S/C11H4F12INO2S/c12-7(9(15,16)17,8(13,14)10(18,19)20)3-1-4(24)6(25)5(2-3)28(26,27)11(21,22)23/h1-2H,25H2. The topological polar surface area (TPSA) is 60.2 Å². The van der Waals surface area contributed by atoms with Crippen molar-refractivity contribution in [3.63, 3.8) is 0 Å². The van der Waals surface area contributed by atoms with E-state index in [4.69, 9.17) is 5.73 Å². The number of benzene rings is 1. The molecular weight excluding hydrogens is 565 g/mol. The lowest BCUT2D eigenvalue weighted by Gasteiger charge is -2.36. The average Bonchev–Trinajstić information content (AvgIpc) is 2.44. The van der Waals surface area contributed by atoms with Crippen LogP contribution in [0.5, 0.6) is 0 Å². The van der Waals surface area contributed by atoms with Crippen molar-refractivity contribution < 1.29 is 61.1 Å². The Balaban J connectivity index is 4.07. The van der Waals surface area contributed by atoms with Gasteiger partial charge in [0.15, 0.2) is 0 Å². The molecule has 17 heteroatoms. The number of halogens is 13. The summed E-state index contributed by atoms with van der Waals surface area (Å²) < 4.78 is 177. The lowest BCUT2D eigenvalue weighted by Crippen LogP contribution is -2.59. The van der Waals surface area contributed by atoms with Crippen LogP contribution in [0.15, 0.2) is 17.0 Å². The molecule has 0 saturated heterocycles. The third-order valence-corrected chi connectivity index (χ3v) is 5.68. The molecule has 162 valence electrons. The number of nitrogens with two attached hydrogens (primary N) is 1. The van der Waals surface area contributed by atoms with Gasteiger partial charge in [0, 0.05) is 9.13 Å². The van der Waals surface area contributed by atoms with Crippen LogP contribution in [-0.2, 0) is 15.5 Å². The maximum Gasteiger partial charge on any atom is 0.501 e. The molecule has 0 heterocycles. The van der Waals surface area contributed by atoms with E-state index in [9.17, 15) is 61.1 Å². The second-order valence-electron chi connectivity index (χ2n) is 5.05. The Hall–Kier alpha value is -1.14. The molecule has 0 aliphatic rings. The summed E-state index contributed by atoms with van der Waals surface area (Å²) in [5.41, 5.74) is -12.0. The summed E-state index contributed by atoms with van der Waals surface area (Å²) in [6.07, 6.45) is -14.2. The molecule has 1 atom stereocenters. The molecule has 0 bridgehead atoms. The predicted octanol–water partition coefficient (Wildman–Crippen LogP) is 5.09. The molecule has 1 rings (SSSR count). The highest BCUT2D eigenvalue weighted by Gasteiger charge is 2.81. The fourth-order valence-corrected chi connectivity index (χ4v) is 3.60. The molecule has 0 fully saturated rings. The van der Waals surface area contributed by atoms with Gasteiger partial charge < -0.3 is 5.73 Å². The van der Waals surface area contributed by atoms with Crippen molar-refractivity contribution in [2.45, 2.75) is 34.3 Å². The zero-order valence-electron chi connectivity index (χ0n) is 12.4. The van der Waals surface area contributed by atoms with E-state index in [1.165, 1.54) is 0 Å². The minimum absolute atomic E-state index is 0.363. The molecule has 0 radical (unpaired) electrons. The number of alkyl halides is 12. The van der Waals surface area contributed by atoms with E-state index in [0.717, 1.165) is 22.6 Å². The summed E-state index contributed by atoms with van der Waals surface area (Å²) in [6.45, 7) is 0. The molecule has 0 saturated carbocycles. The van der Waals surface area contributed by atoms with Crippen LogP contribution in [0.2, 0.25) is 0 Å². The maximum atomic E-state index is 14.4. The van der Waals surface area contributed by atoms with E-state index in [1.807, 2.05) is 0 Å². The maximum absolute atomic E-state index is 14.4. The Labute approximate surface area is 160 Å². The minimum Gasteiger partial charge on any atom is -0.397 e. The Bertz CT molecular complexity index is 873. The van der Waals surface area contributed by atoms with Gasteiger partial charge in [-0.1, -0.05) is 0 Å². The van der Waals surface area contributed by atoms with E-state index in [2.05, 4.69) is 0 Å². The van der Waals surface area contributed by atoms with Crippen molar-refractivity contribution in [2.24, 2.45) is 0 Å². The van der Waals surface area contributed by atoms with Crippen LogP contribution in [0.3, 0.4) is 0 Å². The Morgan fingerprint density at radius 2 is 1.21 bits per heavy atom. The summed E-state index contributed by atoms with van der Waals surface area (Å²) in [5, 5.41) is 0. The van der Waals surface area contributed by atoms with Gasteiger partial charge in [0.25, 0.3) is 9.84 Å². The highest BCUT2D eigenvalue weighted by molar-refractivity contribution is 14.1. The van der Waals surface area contributed by atoms with Crippen LogP contribution in [0.25, 0.3) is 0 Å². The quantitative estimate of drug-likeness (QED) is 0.314. The summed E-state index contributed by atoms with van der Waals surface area (Å²) in [7, 11) is -6.63. The van der Waals surface area contributed by atoms with Crippen LogP contribution in [0, 0.1) is 3.57 Å². The van der Waals surface area contributed by atoms with Gasteiger partial charge in [-0.15, -0.1) is 0 Å². The SMILES string of the molecule is Nc1c(I)cc(C(F)(C(F)(F)F)C(F)(F)C(F)(F)F)cc1S(=O)(=O)C(F)(F)F. The van der Waals surface area contributed by atoms with Crippen molar-refractivity contribution in [2.75, 3.05) is 5.73 Å². The van der Waals surface area contributed by atoms with Crippen LogP contribution in [-0.4, -0.2) is 32.2 Å². The van der Waals surface area contributed by atoms with Gasteiger partial charge in [0.1, 0.15) is 4.90 Å². The average molecular weight is 569 g/mol. The number of sulfone groups is 1. The molecule has 3 nitrogen and oxygen atoms in total. The fraction of sp³-hybridized carbons (Fsp3) is 0.455. The number of nitrogen functional groups attached to an aromatic ring is 1. The molecule has 1 aromatic carbocycles. The van der Waals surface area contributed by atoms with E-state index < -0.39 is 65.1 Å². The number of rotatable bonds is 3. The van der Waals surface area contributed by atoms with Crippen molar-refractivity contribution in [3.05, 3.63) is 21.3 Å². The summed E-state index contributed by atoms with van der Waals surface area (Å²) in [5.74, 6) is -7.20. The van der Waals surface area contributed by atoms with E-state index in [1.54, 1.807) is 0 Å².